The van der Waals surface area contributed by atoms with Crippen LogP contribution in [0.1, 0.15) is 31.5 Å². The van der Waals surface area contributed by atoms with Gasteiger partial charge >= 0.3 is 5.97 Å². The summed E-state index contributed by atoms with van der Waals surface area (Å²) >= 11 is 0. The molecule has 0 radical (unpaired) electrons. The number of piperidine rings is 1. The van der Waals surface area contributed by atoms with E-state index < -0.39 is 17.9 Å². The van der Waals surface area contributed by atoms with E-state index in [0.717, 1.165) is 5.69 Å². The van der Waals surface area contributed by atoms with Crippen LogP contribution < -0.4 is 0 Å². The number of amides is 1. The van der Waals surface area contributed by atoms with Gasteiger partial charge in [0.05, 0.1) is 30.2 Å². The number of carboxylic acid groups (broad SMARTS) is 1. The van der Waals surface area contributed by atoms with Gasteiger partial charge in [0.1, 0.15) is 0 Å². The number of aliphatic carboxylic acids is 1. The molecule has 0 bridgehead atoms. The highest BCUT2D eigenvalue weighted by molar-refractivity contribution is 5.81. The average molecular weight is 251 g/mol. The number of carboxylic acids is 1. The molecule has 6 heteroatoms. The molecule has 1 fully saturated rings. The Labute approximate surface area is 105 Å². The van der Waals surface area contributed by atoms with E-state index in [1.807, 2.05) is 11.5 Å². The Morgan fingerprint density at radius 1 is 1.61 bits per heavy atom. The van der Waals surface area contributed by atoms with Gasteiger partial charge in [-0.05, 0) is 13.3 Å². The fourth-order valence-corrected chi connectivity index (χ4v) is 2.54. The van der Waals surface area contributed by atoms with Crippen LogP contribution >= 0.6 is 0 Å². The normalized spacial score (nSPS) is 24.3. The van der Waals surface area contributed by atoms with Crippen molar-refractivity contribution in [2.24, 2.45) is 5.92 Å². The lowest BCUT2D eigenvalue weighted by Crippen LogP contribution is -2.43. The third-order valence-electron chi connectivity index (χ3n) is 3.57. The lowest BCUT2D eigenvalue weighted by atomic mass is 9.87. The van der Waals surface area contributed by atoms with Gasteiger partial charge in [-0.15, -0.1) is 0 Å². The summed E-state index contributed by atoms with van der Waals surface area (Å²) in [7, 11) is 1.66. The number of likely N-dealkylation sites (tertiary alicyclic amines) is 1. The van der Waals surface area contributed by atoms with Crippen LogP contribution in [0, 0.1) is 5.92 Å². The predicted octanol–water partition coefficient (Wildman–Crippen LogP) is 0.897. The molecule has 0 aliphatic carbocycles. The van der Waals surface area contributed by atoms with Crippen LogP contribution in [0.2, 0.25) is 0 Å². The molecule has 2 rings (SSSR count). The van der Waals surface area contributed by atoms with Gasteiger partial charge in [0, 0.05) is 20.0 Å². The molecular weight excluding hydrogens is 234 g/mol. The fraction of sp³-hybridized carbons (Fsp3) is 0.583. The lowest BCUT2D eigenvalue weighted by molar-refractivity contribution is -0.151. The van der Waals surface area contributed by atoms with Crippen LogP contribution in [0.3, 0.4) is 0 Å². The molecule has 98 valence electrons. The summed E-state index contributed by atoms with van der Waals surface area (Å²) in [5.41, 5.74) is 0.792. The van der Waals surface area contributed by atoms with Crippen LogP contribution in [0.5, 0.6) is 0 Å². The summed E-state index contributed by atoms with van der Waals surface area (Å²) < 4.78 is 1.88. The second-order valence-electron chi connectivity index (χ2n) is 4.54. The van der Waals surface area contributed by atoms with Crippen molar-refractivity contribution < 1.29 is 14.7 Å². The molecular formula is C12H17N3O3. The Morgan fingerprint density at radius 3 is 2.94 bits per heavy atom. The van der Waals surface area contributed by atoms with Gasteiger partial charge in [0.25, 0.3) is 0 Å². The third kappa shape index (κ3) is 1.98. The Bertz CT molecular complexity index is 469. The van der Waals surface area contributed by atoms with Crippen LogP contribution in [0.15, 0.2) is 12.5 Å². The molecule has 0 saturated carbocycles. The average Bonchev–Trinajstić information content (AvgIpc) is 2.79. The maximum Gasteiger partial charge on any atom is 0.309 e. The Hall–Kier alpha value is -1.85. The summed E-state index contributed by atoms with van der Waals surface area (Å²) in [5.74, 6) is -1.43. The van der Waals surface area contributed by atoms with Crippen LogP contribution in [0.4, 0.5) is 0 Å². The number of hydrogen-bond donors (Lipinski definition) is 1. The van der Waals surface area contributed by atoms with E-state index in [-0.39, 0.29) is 5.91 Å². The van der Waals surface area contributed by atoms with Crippen molar-refractivity contribution in [3.8, 4) is 0 Å². The number of carbonyl (C=O) groups is 2. The molecule has 2 heterocycles. The van der Waals surface area contributed by atoms with Gasteiger partial charge in [-0.3, -0.25) is 9.59 Å². The molecule has 0 aromatic carbocycles. The van der Waals surface area contributed by atoms with E-state index in [1.54, 1.807) is 19.6 Å². The van der Waals surface area contributed by atoms with Crippen molar-refractivity contribution >= 4 is 11.9 Å². The van der Waals surface area contributed by atoms with E-state index in [2.05, 4.69) is 4.98 Å². The van der Waals surface area contributed by atoms with Gasteiger partial charge in [-0.25, -0.2) is 4.98 Å². The summed E-state index contributed by atoms with van der Waals surface area (Å²) in [6, 6.07) is -0.425. The minimum absolute atomic E-state index is 0.0126. The van der Waals surface area contributed by atoms with Gasteiger partial charge < -0.3 is 14.6 Å². The highest BCUT2D eigenvalue weighted by Crippen LogP contribution is 2.35. The number of aryl methyl sites for hydroxylation is 1. The first-order chi connectivity index (χ1) is 8.56. The van der Waals surface area contributed by atoms with Crippen LogP contribution in [-0.2, 0) is 16.1 Å². The topological polar surface area (TPSA) is 75.4 Å². The zero-order valence-corrected chi connectivity index (χ0v) is 10.5. The second-order valence-corrected chi connectivity index (χ2v) is 4.54. The second kappa shape index (κ2) is 4.80. The zero-order valence-electron chi connectivity index (χ0n) is 10.5. The first-order valence-corrected chi connectivity index (χ1v) is 6.04. The van der Waals surface area contributed by atoms with Crippen LogP contribution in [0.25, 0.3) is 0 Å². The smallest absolute Gasteiger partial charge is 0.309 e. The molecule has 1 amide bonds. The van der Waals surface area contributed by atoms with Crippen molar-refractivity contribution in [1.29, 1.82) is 0 Å². The summed E-state index contributed by atoms with van der Waals surface area (Å²) in [4.78, 5) is 28.7. The Balaban J connectivity index is 2.41. The standard InChI is InChI=1S/C12H17N3O3/c1-3-15-7-13-6-9(15)11-8(12(17)18)4-5-10(16)14(11)2/h6-8,11H,3-5H2,1-2H3,(H,17,18). The predicted molar refractivity (Wildman–Crippen MR) is 63.8 cm³/mol. The molecule has 1 aliphatic heterocycles. The van der Waals surface area contributed by atoms with Crippen molar-refractivity contribution in [1.82, 2.24) is 14.5 Å². The molecule has 1 aromatic heterocycles. The van der Waals surface area contributed by atoms with E-state index in [9.17, 15) is 14.7 Å². The minimum atomic E-state index is -0.858. The maximum absolute atomic E-state index is 11.8. The van der Waals surface area contributed by atoms with Gasteiger partial charge in [-0.1, -0.05) is 0 Å². The Kier molecular flexibility index (Phi) is 3.36. The molecule has 18 heavy (non-hydrogen) atoms. The molecule has 0 spiro atoms. The molecule has 1 aliphatic rings. The first kappa shape index (κ1) is 12.6. The molecule has 2 unspecified atom stereocenters. The van der Waals surface area contributed by atoms with Gasteiger partial charge in [-0.2, -0.15) is 0 Å². The monoisotopic (exact) mass is 251 g/mol. The minimum Gasteiger partial charge on any atom is -0.481 e. The zero-order chi connectivity index (χ0) is 13.3. The van der Waals surface area contributed by atoms with E-state index in [4.69, 9.17) is 0 Å². The van der Waals surface area contributed by atoms with Crippen LogP contribution in [-0.4, -0.2) is 38.5 Å². The Morgan fingerprint density at radius 2 is 2.33 bits per heavy atom. The number of nitrogens with zero attached hydrogens (tertiary/aromatic N) is 3. The number of hydrogen-bond acceptors (Lipinski definition) is 3. The number of aromatic nitrogens is 2. The van der Waals surface area contributed by atoms with E-state index in [0.29, 0.717) is 19.4 Å². The van der Waals surface area contributed by atoms with Crippen molar-refractivity contribution in [3.05, 3.63) is 18.2 Å². The summed E-state index contributed by atoms with van der Waals surface area (Å²) in [6.45, 7) is 2.67. The molecule has 2 atom stereocenters. The third-order valence-corrected chi connectivity index (χ3v) is 3.57. The lowest BCUT2D eigenvalue weighted by Gasteiger charge is -2.37. The highest BCUT2D eigenvalue weighted by atomic mass is 16.4. The van der Waals surface area contributed by atoms with Gasteiger partial charge in [0.15, 0.2) is 0 Å². The maximum atomic E-state index is 11.8. The largest absolute Gasteiger partial charge is 0.481 e. The van der Waals surface area contributed by atoms with Crippen molar-refractivity contribution in [2.75, 3.05) is 7.05 Å². The molecule has 1 aromatic rings. The summed E-state index contributed by atoms with van der Waals surface area (Å²) in [5, 5.41) is 9.31. The first-order valence-electron chi connectivity index (χ1n) is 6.04. The van der Waals surface area contributed by atoms with E-state index >= 15 is 0 Å². The number of imidazole rings is 1. The fourth-order valence-electron chi connectivity index (χ4n) is 2.54. The number of rotatable bonds is 3. The quantitative estimate of drug-likeness (QED) is 0.866. The molecule has 1 N–H and O–H groups in total. The SMILES string of the molecule is CCn1cncc1C1C(C(=O)O)CCC(=O)N1C. The highest BCUT2D eigenvalue weighted by Gasteiger charge is 2.40. The molecule has 6 nitrogen and oxygen atoms in total. The number of carbonyl (C=O) groups excluding carboxylic acids is 1. The van der Waals surface area contributed by atoms with E-state index in [1.165, 1.54) is 4.90 Å². The van der Waals surface area contributed by atoms with Gasteiger partial charge in [0.2, 0.25) is 5.91 Å². The van der Waals surface area contributed by atoms with Crippen molar-refractivity contribution in [3.63, 3.8) is 0 Å². The van der Waals surface area contributed by atoms with Crippen molar-refractivity contribution in [2.45, 2.75) is 32.4 Å². The molecule has 1 saturated heterocycles. The summed E-state index contributed by atoms with van der Waals surface area (Å²) in [6.07, 6.45) is 4.00.